The lowest BCUT2D eigenvalue weighted by Gasteiger charge is -2.18. The Balaban J connectivity index is 2.28. The molecule has 0 unspecified atom stereocenters. The van der Waals surface area contributed by atoms with Crippen molar-refractivity contribution < 1.29 is 9.53 Å². The van der Waals surface area contributed by atoms with Crippen molar-refractivity contribution in [1.82, 2.24) is 4.90 Å². The number of ether oxygens (including phenoxy) is 1. The predicted molar refractivity (Wildman–Crippen MR) is 62.5 cm³/mol. The molecule has 2 N–H and O–H groups in total. The molecule has 0 aromatic heterocycles. The molecule has 4 nitrogen and oxygen atoms in total. The topological polar surface area (TPSA) is 55.6 Å². The van der Waals surface area contributed by atoms with Crippen LogP contribution in [-0.4, -0.2) is 31.0 Å². The Morgan fingerprint density at radius 3 is 2.75 bits per heavy atom. The monoisotopic (exact) mass is 220 g/mol. The number of carbonyl (C=O) groups excluding carboxylic acids is 1. The predicted octanol–water partition coefficient (Wildman–Crippen LogP) is 1.51. The van der Waals surface area contributed by atoms with Crippen molar-refractivity contribution in [2.24, 2.45) is 0 Å². The van der Waals surface area contributed by atoms with Gasteiger partial charge in [0.25, 0.3) is 5.91 Å². The van der Waals surface area contributed by atoms with Gasteiger partial charge < -0.3 is 15.4 Å². The maximum absolute atomic E-state index is 12.1. The van der Waals surface area contributed by atoms with E-state index in [2.05, 4.69) is 0 Å². The van der Waals surface area contributed by atoms with Crippen LogP contribution in [0.1, 0.15) is 23.2 Å². The number of carbonyl (C=O) groups is 1. The first-order valence-electron chi connectivity index (χ1n) is 5.34. The number of benzene rings is 1. The third-order valence-corrected chi connectivity index (χ3v) is 2.93. The van der Waals surface area contributed by atoms with Crippen LogP contribution in [0.3, 0.4) is 0 Å². The van der Waals surface area contributed by atoms with Crippen molar-refractivity contribution in [3.63, 3.8) is 0 Å². The van der Waals surface area contributed by atoms with Crippen LogP contribution in [0.4, 0.5) is 5.69 Å². The number of amides is 1. The fourth-order valence-electron chi connectivity index (χ4n) is 1.73. The maximum atomic E-state index is 12.1. The SMILES string of the molecule is COc1cccc(C(=O)N(C)C2CC2)c1N. The van der Waals surface area contributed by atoms with E-state index in [0.717, 1.165) is 12.8 Å². The average molecular weight is 220 g/mol. The molecule has 0 aliphatic heterocycles. The lowest BCUT2D eigenvalue weighted by molar-refractivity contribution is 0.0786. The van der Waals surface area contributed by atoms with E-state index in [9.17, 15) is 4.79 Å². The zero-order chi connectivity index (χ0) is 11.7. The maximum Gasteiger partial charge on any atom is 0.256 e. The van der Waals surface area contributed by atoms with Crippen LogP contribution in [0.25, 0.3) is 0 Å². The van der Waals surface area contributed by atoms with Gasteiger partial charge >= 0.3 is 0 Å². The van der Waals surface area contributed by atoms with Crippen molar-refractivity contribution in [3.8, 4) is 5.75 Å². The van der Waals surface area contributed by atoms with Crippen LogP contribution in [0.5, 0.6) is 5.75 Å². The van der Waals surface area contributed by atoms with Crippen LogP contribution in [0, 0.1) is 0 Å². The Morgan fingerprint density at radius 2 is 2.19 bits per heavy atom. The van der Waals surface area contributed by atoms with Gasteiger partial charge in [0.05, 0.1) is 18.4 Å². The van der Waals surface area contributed by atoms with E-state index in [0.29, 0.717) is 23.0 Å². The Bertz CT molecular complexity index is 413. The lowest BCUT2D eigenvalue weighted by Crippen LogP contribution is -2.29. The summed E-state index contributed by atoms with van der Waals surface area (Å²) >= 11 is 0. The van der Waals surface area contributed by atoms with Gasteiger partial charge in [-0.25, -0.2) is 0 Å². The average Bonchev–Trinajstić information content (AvgIpc) is 3.11. The van der Waals surface area contributed by atoms with Crippen molar-refractivity contribution in [2.75, 3.05) is 19.9 Å². The van der Waals surface area contributed by atoms with Gasteiger partial charge in [-0.2, -0.15) is 0 Å². The Morgan fingerprint density at radius 1 is 1.50 bits per heavy atom. The van der Waals surface area contributed by atoms with Gasteiger partial charge in [0.1, 0.15) is 5.75 Å². The number of nitrogen functional groups attached to an aromatic ring is 1. The third kappa shape index (κ3) is 1.83. The van der Waals surface area contributed by atoms with Crippen LogP contribution in [0.2, 0.25) is 0 Å². The Kier molecular flexibility index (Phi) is 2.73. The van der Waals surface area contributed by atoms with Crippen molar-refractivity contribution in [3.05, 3.63) is 23.8 Å². The summed E-state index contributed by atoms with van der Waals surface area (Å²) in [4.78, 5) is 13.9. The number of rotatable bonds is 3. The second kappa shape index (κ2) is 4.04. The second-order valence-electron chi connectivity index (χ2n) is 4.07. The molecule has 0 radical (unpaired) electrons. The van der Waals surface area contributed by atoms with Crippen molar-refractivity contribution in [1.29, 1.82) is 0 Å². The zero-order valence-electron chi connectivity index (χ0n) is 9.56. The van der Waals surface area contributed by atoms with Gasteiger partial charge in [-0.3, -0.25) is 4.79 Å². The molecule has 0 bridgehead atoms. The van der Waals surface area contributed by atoms with Crippen LogP contribution >= 0.6 is 0 Å². The van der Waals surface area contributed by atoms with Gasteiger partial charge in [-0.05, 0) is 25.0 Å². The van der Waals surface area contributed by atoms with Crippen molar-refractivity contribution >= 4 is 11.6 Å². The molecule has 1 aromatic rings. The highest BCUT2D eigenvalue weighted by molar-refractivity contribution is 6.00. The van der Waals surface area contributed by atoms with E-state index in [1.54, 1.807) is 30.2 Å². The van der Waals surface area contributed by atoms with Gasteiger partial charge in [0.2, 0.25) is 0 Å². The molecule has 0 spiro atoms. The lowest BCUT2D eigenvalue weighted by atomic mass is 10.1. The highest BCUT2D eigenvalue weighted by atomic mass is 16.5. The highest BCUT2D eigenvalue weighted by Gasteiger charge is 2.31. The molecule has 1 fully saturated rings. The molecule has 4 heteroatoms. The van der Waals surface area contributed by atoms with Crippen LogP contribution in [-0.2, 0) is 0 Å². The summed E-state index contributed by atoms with van der Waals surface area (Å²) in [5, 5.41) is 0. The quantitative estimate of drug-likeness (QED) is 0.785. The number of methoxy groups -OCH3 is 1. The molecule has 1 amide bonds. The Labute approximate surface area is 95.0 Å². The van der Waals surface area contributed by atoms with Gasteiger partial charge in [-0.15, -0.1) is 0 Å². The number of hydrogen-bond acceptors (Lipinski definition) is 3. The van der Waals surface area contributed by atoms with E-state index >= 15 is 0 Å². The molecular formula is C12H16N2O2. The summed E-state index contributed by atoms with van der Waals surface area (Å²) < 4.78 is 5.10. The molecule has 1 aliphatic rings. The molecule has 16 heavy (non-hydrogen) atoms. The molecule has 86 valence electrons. The van der Waals surface area contributed by atoms with E-state index in [1.807, 2.05) is 7.05 Å². The fraction of sp³-hybridized carbons (Fsp3) is 0.417. The minimum atomic E-state index is -0.0288. The fourth-order valence-corrected chi connectivity index (χ4v) is 1.73. The van der Waals surface area contributed by atoms with E-state index in [1.165, 1.54) is 0 Å². The van der Waals surface area contributed by atoms with Gasteiger partial charge in [0, 0.05) is 13.1 Å². The summed E-state index contributed by atoms with van der Waals surface area (Å²) in [6, 6.07) is 5.66. The standard InChI is InChI=1S/C12H16N2O2/c1-14(8-6-7-8)12(15)9-4-3-5-10(16-2)11(9)13/h3-5,8H,6-7,13H2,1-2H3. The number of anilines is 1. The molecule has 0 saturated heterocycles. The molecule has 2 rings (SSSR count). The smallest absolute Gasteiger partial charge is 0.256 e. The van der Waals surface area contributed by atoms with E-state index in [4.69, 9.17) is 10.5 Å². The first-order chi connectivity index (χ1) is 7.65. The summed E-state index contributed by atoms with van der Waals surface area (Å²) in [6.07, 6.45) is 2.18. The molecule has 1 aromatic carbocycles. The van der Waals surface area contributed by atoms with Crippen molar-refractivity contribution in [2.45, 2.75) is 18.9 Å². The summed E-state index contributed by atoms with van der Waals surface area (Å²) in [5.74, 6) is 0.522. The first-order valence-corrected chi connectivity index (χ1v) is 5.34. The van der Waals surface area contributed by atoms with Gasteiger partial charge in [-0.1, -0.05) is 6.07 Å². The number of hydrogen-bond donors (Lipinski definition) is 1. The third-order valence-electron chi connectivity index (χ3n) is 2.93. The summed E-state index contributed by atoms with van der Waals surface area (Å²) in [6.45, 7) is 0. The molecule has 1 aliphatic carbocycles. The first kappa shape index (κ1) is 10.8. The zero-order valence-corrected chi connectivity index (χ0v) is 9.56. The summed E-state index contributed by atoms with van der Waals surface area (Å²) in [5.41, 5.74) is 6.82. The molecule has 0 heterocycles. The number of nitrogens with zero attached hydrogens (tertiary/aromatic N) is 1. The second-order valence-corrected chi connectivity index (χ2v) is 4.07. The highest BCUT2D eigenvalue weighted by Crippen LogP contribution is 2.30. The van der Waals surface area contributed by atoms with Crippen LogP contribution < -0.4 is 10.5 Å². The van der Waals surface area contributed by atoms with Gasteiger partial charge in [0.15, 0.2) is 0 Å². The van der Waals surface area contributed by atoms with E-state index < -0.39 is 0 Å². The number of nitrogens with two attached hydrogens (primary N) is 1. The van der Waals surface area contributed by atoms with Crippen LogP contribution in [0.15, 0.2) is 18.2 Å². The number of para-hydroxylation sites is 1. The molecular weight excluding hydrogens is 204 g/mol. The normalized spacial score (nSPS) is 14.6. The molecule has 0 atom stereocenters. The molecule has 1 saturated carbocycles. The minimum absolute atomic E-state index is 0.0288. The van der Waals surface area contributed by atoms with E-state index in [-0.39, 0.29) is 5.91 Å². The largest absolute Gasteiger partial charge is 0.495 e. The Hall–Kier alpha value is -1.71. The summed E-state index contributed by atoms with van der Waals surface area (Å²) in [7, 11) is 3.36. The minimum Gasteiger partial charge on any atom is -0.495 e.